The third-order valence-corrected chi connectivity index (χ3v) is 4.75. The standard InChI is InChI=1S/C13H19NO2/c1-12(15,6-9-2-3-9)13(8-14)7-10-4-5-11(13)16-10/h9-11,15H,2-7H2,1H3. The van der Waals surface area contributed by atoms with Crippen LogP contribution in [-0.4, -0.2) is 22.9 Å². The molecule has 3 heteroatoms. The Hall–Kier alpha value is -0.590. The third kappa shape index (κ3) is 1.33. The number of hydrogen-bond acceptors (Lipinski definition) is 3. The number of hydrogen-bond donors (Lipinski definition) is 1. The number of fused-ring (bicyclic) bond motifs is 2. The first-order valence-corrected chi connectivity index (χ1v) is 6.36. The van der Waals surface area contributed by atoms with Crippen LogP contribution < -0.4 is 0 Å². The van der Waals surface area contributed by atoms with Crippen molar-refractivity contribution in [2.45, 2.75) is 63.3 Å². The van der Waals surface area contributed by atoms with Crippen molar-refractivity contribution in [3.63, 3.8) is 0 Å². The molecule has 0 aromatic rings. The maximum atomic E-state index is 10.7. The fraction of sp³-hybridized carbons (Fsp3) is 0.923. The number of nitrogens with zero attached hydrogens (tertiary/aromatic N) is 1. The lowest BCUT2D eigenvalue weighted by Gasteiger charge is -2.41. The Bertz CT molecular complexity index is 342. The Morgan fingerprint density at radius 3 is 2.62 bits per heavy atom. The first-order valence-electron chi connectivity index (χ1n) is 6.36. The maximum Gasteiger partial charge on any atom is 0.114 e. The zero-order chi connectivity index (χ0) is 11.4. The van der Waals surface area contributed by atoms with Gasteiger partial charge in [0.25, 0.3) is 0 Å². The molecule has 1 saturated carbocycles. The minimum Gasteiger partial charge on any atom is -0.388 e. The summed E-state index contributed by atoms with van der Waals surface area (Å²) in [7, 11) is 0. The number of rotatable bonds is 3. The Morgan fingerprint density at radius 1 is 1.44 bits per heavy atom. The molecule has 0 aromatic heterocycles. The van der Waals surface area contributed by atoms with Crippen LogP contribution in [0.15, 0.2) is 0 Å². The minimum absolute atomic E-state index is 0.0313. The van der Waals surface area contributed by atoms with Gasteiger partial charge in [0.2, 0.25) is 0 Å². The van der Waals surface area contributed by atoms with Crippen LogP contribution in [0, 0.1) is 22.7 Å². The highest BCUT2D eigenvalue weighted by Gasteiger charge is 2.62. The van der Waals surface area contributed by atoms with Crippen molar-refractivity contribution in [2.75, 3.05) is 0 Å². The fourth-order valence-corrected chi connectivity index (χ4v) is 3.58. The van der Waals surface area contributed by atoms with Crippen LogP contribution in [0.3, 0.4) is 0 Å². The molecular formula is C13H19NO2. The van der Waals surface area contributed by atoms with Gasteiger partial charge in [-0.05, 0) is 38.5 Å². The number of nitriles is 1. The molecule has 4 unspecified atom stereocenters. The monoisotopic (exact) mass is 221 g/mol. The summed E-state index contributed by atoms with van der Waals surface area (Å²) in [6.45, 7) is 1.85. The van der Waals surface area contributed by atoms with Crippen molar-refractivity contribution in [3.8, 4) is 6.07 Å². The Balaban J connectivity index is 1.86. The second-order valence-electron chi connectivity index (χ2n) is 6.03. The molecule has 0 spiro atoms. The molecule has 1 N–H and O–H groups in total. The van der Waals surface area contributed by atoms with Crippen molar-refractivity contribution in [3.05, 3.63) is 0 Å². The largest absolute Gasteiger partial charge is 0.388 e. The quantitative estimate of drug-likeness (QED) is 0.793. The normalized spacial score (nSPS) is 45.3. The highest BCUT2D eigenvalue weighted by Crippen LogP contribution is 2.56. The van der Waals surface area contributed by atoms with E-state index in [2.05, 4.69) is 6.07 Å². The highest BCUT2D eigenvalue weighted by atomic mass is 16.5. The summed E-state index contributed by atoms with van der Waals surface area (Å²) >= 11 is 0. The Morgan fingerprint density at radius 2 is 2.19 bits per heavy atom. The first kappa shape index (κ1) is 10.6. The first-order chi connectivity index (χ1) is 7.57. The number of ether oxygens (including phenoxy) is 1. The molecule has 2 heterocycles. The topological polar surface area (TPSA) is 53.2 Å². The van der Waals surface area contributed by atoms with Gasteiger partial charge in [-0.25, -0.2) is 0 Å². The Labute approximate surface area is 96.4 Å². The van der Waals surface area contributed by atoms with Gasteiger partial charge in [-0.2, -0.15) is 5.26 Å². The smallest absolute Gasteiger partial charge is 0.114 e. The van der Waals surface area contributed by atoms with Crippen molar-refractivity contribution in [1.82, 2.24) is 0 Å². The summed E-state index contributed by atoms with van der Waals surface area (Å²) in [6.07, 6.45) is 6.12. The minimum atomic E-state index is -0.872. The summed E-state index contributed by atoms with van der Waals surface area (Å²) < 4.78 is 5.78. The second-order valence-corrected chi connectivity index (χ2v) is 6.03. The third-order valence-electron chi connectivity index (χ3n) is 4.75. The molecule has 4 atom stereocenters. The predicted octanol–water partition coefficient (Wildman–Crippen LogP) is 2.00. The molecular weight excluding hydrogens is 202 g/mol. The average molecular weight is 221 g/mol. The van der Waals surface area contributed by atoms with Crippen LogP contribution in [-0.2, 0) is 4.74 Å². The summed E-state index contributed by atoms with van der Waals surface area (Å²) in [5, 5.41) is 20.2. The van der Waals surface area contributed by atoms with Gasteiger partial charge in [-0.1, -0.05) is 12.8 Å². The van der Waals surface area contributed by atoms with Crippen molar-refractivity contribution in [2.24, 2.45) is 11.3 Å². The molecule has 2 saturated heterocycles. The predicted molar refractivity (Wildman–Crippen MR) is 58.5 cm³/mol. The number of aliphatic hydroxyl groups is 1. The fourth-order valence-electron chi connectivity index (χ4n) is 3.58. The van der Waals surface area contributed by atoms with E-state index in [0.29, 0.717) is 5.92 Å². The molecule has 3 rings (SSSR count). The van der Waals surface area contributed by atoms with Crippen LogP contribution in [0.5, 0.6) is 0 Å². The van der Waals surface area contributed by atoms with Gasteiger partial charge < -0.3 is 9.84 Å². The zero-order valence-corrected chi connectivity index (χ0v) is 9.78. The van der Waals surface area contributed by atoms with Crippen molar-refractivity contribution >= 4 is 0 Å². The summed E-state index contributed by atoms with van der Waals surface area (Å²) in [5.41, 5.74) is -1.51. The molecule has 1 aliphatic carbocycles. The van der Waals surface area contributed by atoms with Crippen LogP contribution in [0.1, 0.15) is 45.4 Å². The van der Waals surface area contributed by atoms with Gasteiger partial charge in [0.05, 0.1) is 23.9 Å². The summed E-state index contributed by atoms with van der Waals surface area (Å²) in [6, 6.07) is 2.41. The molecule has 3 nitrogen and oxygen atoms in total. The molecule has 3 aliphatic rings. The van der Waals surface area contributed by atoms with E-state index in [9.17, 15) is 10.4 Å². The lowest BCUT2D eigenvalue weighted by molar-refractivity contribution is -0.0802. The second kappa shape index (κ2) is 3.21. The van der Waals surface area contributed by atoms with E-state index in [1.807, 2.05) is 6.92 Å². The maximum absolute atomic E-state index is 10.7. The van der Waals surface area contributed by atoms with Crippen LogP contribution in [0.25, 0.3) is 0 Å². The molecule has 0 amide bonds. The summed E-state index contributed by atoms with van der Waals surface area (Å²) in [5.74, 6) is 0.638. The molecule has 3 fully saturated rings. The molecule has 0 aromatic carbocycles. The van der Waals surface area contributed by atoms with E-state index in [4.69, 9.17) is 4.74 Å². The van der Waals surface area contributed by atoms with Gasteiger partial charge in [0.1, 0.15) is 5.41 Å². The van der Waals surface area contributed by atoms with E-state index < -0.39 is 11.0 Å². The lowest BCUT2D eigenvalue weighted by atomic mass is 9.63. The zero-order valence-electron chi connectivity index (χ0n) is 9.78. The molecule has 2 aliphatic heterocycles. The SMILES string of the molecule is CC(O)(CC1CC1)C1(C#N)CC2CCC1O2. The molecule has 16 heavy (non-hydrogen) atoms. The van der Waals surface area contributed by atoms with Crippen LogP contribution in [0.4, 0.5) is 0 Å². The van der Waals surface area contributed by atoms with Gasteiger partial charge in [0, 0.05) is 0 Å². The van der Waals surface area contributed by atoms with Crippen LogP contribution >= 0.6 is 0 Å². The molecule has 2 bridgehead atoms. The van der Waals surface area contributed by atoms with E-state index >= 15 is 0 Å². The highest BCUT2D eigenvalue weighted by molar-refractivity contribution is 5.20. The van der Waals surface area contributed by atoms with Gasteiger partial charge in [-0.3, -0.25) is 0 Å². The summed E-state index contributed by atoms with van der Waals surface area (Å²) in [4.78, 5) is 0. The van der Waals surface area contributed by atoms with E-state index in [-0.39, 0.29) is 12.2 Å². The van der Waals surface area contributed by atoms with E-state index in [1.54, 1.807) is 0 Å². The molecule has 88 valence electrons. The van der Waals surface area contributed by atoms with Crippen molar-refractivity contribution in [1.29, 1.82) is 5.26 Å². The van der Waals surface area contributed by atoms with E-state index in [1.165, 1.54) is 12.8 Å². The average Bonchev–Trinajstić information content (AvgIpc) is 2.81. The van der Waals surface area contributed by atoms with E-state index in [0.717, 1.165) is 25.7 Å². The van der Waals surface area contributed by atoms with Crippen LogP contribution in [0.2, 0.25) is 0 Å². The van der Waals surface area contributed by atoms with Gasteiger partial charge >= 0.3 is 0 Å². The lowest BCUT2D eigenvalue weighted by Crippen LogP contribution is -2.51. The Kier molecular flexibility index (Phi) is 2.12. The van der Waals surface area contributed by atoms with Gasteiger partial charge in [0.15, 0.2) is 0 Å². The molecule has 0 radical (unpaired) electrons. The van der Waals surface area contributed by atoms with Crippen molar-refractivity contribution < 1.29 is 9.84 Å². The van der Waals surface area contributed by atoms with Gasteiger partial charge in [-0.15, -0.1) is 0 Å².